The number of amides is 1. The van der Waals surface area contributed by atoms with Crippen molar-refractivity contribution >= 4 is 22.4 Å². The van der Waals surface area contributed by atoms with E-state index in [1.54, 1.807) is 12.1 Å². The van der Waals surface area contributed by atoms with Crippen molar-refractivity contribution in [2.75, 3.05) is 11.1 Å². The van der Waals surface area contributed by atoms with E-state index in [4.69, 9.17) is 0 Å². The summed E-state index contributed by atoms with van der Waals surface area (Å²) in [6.07, 6.45) is 0. The van der Waals surface area contributed by atoms with E-state index in [9.17, 15) is 9.00 Å². The van der Waals surface area contributed by atoms with Crippen LogP contribution in [-0.2, 0) is 15.6 Å². The van der Waals surface area contributed by atoms with Crippen molar-refractivity contribution in [3.63, 3.8) is 0 Å². The Hall–Kier alpha value is -1.94. The molecule has 0 aromatic heterocycles. The Kier molecular flexibility index (Phi) is 4.47. The molecule has 0 aliphatic rings. The van der Waals surface area contributed by atoms with Gasteiger partial charge < -0.3 is 5.32 Å². The Balaban J connectivity index is 1.99. The third kappa shape index (κ3) is 3.76. The Morgan fingerprint density at radius 3 is 2.37 bits per heavy atom. The number of rotatable bonds is 4. The van der Waals surface area contributed by atoms with Crippen LogP contribution in [0.15, 0.2) is 59.5 Å². The summed E-state index contributed by atoms with van der Waals surface area (Å²) < 4.78 is 12.0. The molecule has 3 nitrogen and oxygen atoms in total. The Bertz CT molecular complexity index is 596. The highest BCUT2D eigenvalue weighted by molar-refractivity contribution is 7.85. The van der Waals surface area contributed by atoms with Gasteiger partial charge in [-0.05, 0) is 30.7 Å². The molecular formula is C15H15NO2S. The van der Waals surface area contributed by atoms with Gasteiger partial charge in [0.05, 0.1) is 10.8 Å². The third-order valence-corrected chi connectivity index (χ3v) is 4.01. The first kappa shape index (κ1) is 13.5. The fourth-order valence-electron chi connectivity index (χ4n) is 1.67. The molecule has 0 heterocycles. The molecule has 0 bridgehead atoms. The largest absolute Gasteiger partial charge is 0.325 e. The zero-order chi connectivity index (χ0) is 13.7. The van der Waals surface area contributed by atoms with Gasteiger partial charge in [0.25, 0.3) is 0 Å². The number of benzene rings is 2. The second-order valence-corrected chi connectivity index (χ2v) is 5.62. The molecule has 4 heteroatoms. The van der Waals surface area contributed by atoms with Crippen molar-refractivity contribution in [1.29, 1.82) is 0 Å². The summed E-state index contributed by atoms with van der Waals surface area (Å²) in [5.74, 6) is -0.269. The van der Waals surface area contributed by atoms with Crippen molar-refractivity contribution in [1.82, 2.24) is 0 Å². The minimum absolute atomic E-state index is 0.0294. The molecule has 0 aliphatic heterocycles. The quantitative estimate of drug-likeness (QED) is 0.931. The lowest BCUT2D eigenvalue weighted by Gasteiger charge is -2.07. The average molecular weight is 273 g/mol. The lowest BCUT2D eigenvalue weighted by atomic mass is 10.2. The Morgan fingerprint density at radius 2 is 1.68 bits per heavy atom. The minimum atomic E-state index is -1.31. The molecule has 98 valence electrons. The summed E-state index contributed by atoms with van der Waals surface area (Å²) in [5.41, 5.74) is 1.75. The molecule has 1 atom stereocenters. The van der Waals surface area contributed by atoms with Gasteiger partial charge in [-0.25, -0.2) is 0 Å². The van der Waals surface area contributed by atoms with E-state index < -0.39 is 10.8 Å². The first-order chi connectivity index (χ1) is 9.16. The summed E-state index contributed by atoms with van der Waals surface area (Å²) in [7, 11) is -1.31. The van der Waals surface area contributed by atoms with Crippen LogP contribution in [-0.4, -0.2) is 15.9 Å². The number of hydrogen-bond donors (Lipinski definition) is 1. The van der Waals surface area contributed by atoms with E-state index in [1.807, 2.05) is 49.4 Å². The molecular weight excluding hydrogens is 258 g/mol. The second kappa shape index (κ2) is 6.29. The molecule has 1 amide bonds. The lowest BCUT2D eigenvalue weighted by molar-refractivity contribution is -0.113. The molecule has 2 aromatic rings. The normalized spacial score (nSPS) is 11.8. The molecule has 0 saturated heterocycles. The van der Waals surface area contributed by atoms with Crippen molar-refractivity contribution in [3.05, 3.63) is 60.2 Å². The Labute approximate surface area is 115 Å². The number of anilines is 1. The molecule has 0 fully saturated rings. The molecule has 0 spiro atoms. The summed E-state index contributed by atoms with van der Waals surface area (Å²) in [6, 6.07) is 16.5. The van der Waals surface area contributed by atoms with Gasteiger partial charge in [0, 0.05) is 10.6 Å². The molecule has 1 N–H and O–H groups in total. The fourth-order valence-corrected chi connectivity index (χ4v) is 2.61. The van der Waals surface area contributed by atoms with Crippen LogP contribution >= 0.6 is 0 Å². The summed E-state index contributed by atoms with van der Waals surface area (Å²) in [4.78, 5) is 12.5. The van der Waals surface area contributed by atoms with E-state index in [0.717, 1.165) is 11.3 Å². The predicted octanol–water partition coefficient (Wildman–Crippen LogP) is 2.74. The van der Waals surface area contributed by atoms with Crippen LogP contribution in [0.25, 0.3) is 0 Å². The smallest absolute Gasteiger partial charge is 0.237 e. The number of carbonyl (C=O) groups is 1. The monoisotopic (exact) mass is 273 g/mol. The van der Waals surface area contributed by atoms with Crippen LogP contribution in [0.4, 0.5) is 5.69 Å². The highest BCUT2D eigenvalue weighted by Gasteiger charge is 2.10. The standard InChI is InChI=1S/C15H15NO2S/c1-12-7-5-6-10-14(12)16-15(17)11-19(18)13-8-3-2-4-9-13/h2-10H,11H2,1H3,(H,16,17). The lowest BCUT2D eigenvalue weighted by Crippen LogP contribution is -2.20. The fraction of sp³-hybridized carbons (Fsp3) is 0.133. The van der Waals surface area contributed by atoms with Gasteiger partial charge in [0.2, 0.25) is 5.91 Å². The number of nitrogens with one attached hydrogen (secondary N) is 1. The zero-order valence-corrected chi connectivity index (χ0v) is 11.4. The summed E-state index contributed by atoms with van der Waals surface area (Å²) in [6.45, 7) is 1.92. The second-order valence-electron chi connectivity index (χ2n) is 4.17. The maximum atomic E-state index is 12.0. The van der Waals surface area contributed by atoms with E-state index in [1.165, 1.54) is 0 Å². The highest BCUT2D eigenvalue weighted by Crippen LogP contribution is 2.13. The van der Waals surface area contributed by atoms with Gasteiger partial charge >= 0.3 is 0 Å². The first-order valence-corrected chi connectivity index (χ1v) is 7.27. The molecule has 2 aromatic carbocycles. The van der Waals surface area contributed by atoms with E-state index in [-0.39, 0.29) is 11.7 Å². The van der Waals surface area contributed by atoms with E-state index in [2.05, 4.69) is 5.32 Å². The summed E-state index contributed by atoms with van der Waals surface area (Å²) in [5, 5.41) is 2.78. The van der Waals surface area contributed by atoms with Crippen LogP contribution in [0.3, 0.4) is 0 Å². The number of carbonyl (C=O) groups excluding carboxylic acids is 1. The molecule has 1 unspecified atom stereocenters. The van der Waals surface area contributed by atoms with Crippen molar-refractivity contribution in [2.24, 2.45) is 0 Å². The molecule has 0 radical (unpaired) electrons. The molecule has 2 rings (SSSR count). The summed E-state index contributed by atoms with van der Waals surface area (Å²) >= 11 is 0. The Morgan fingerprint density at radius 1 is 1.05 bits per heavy atom. The van der Waals surface area contributed by atoms with E-state index >= 15 is 0 Å². The molecule has 0 aliphatic carbocycles. The number of hydrogen-bond acceptors (Lipinski definition) is 2. The van der Waals surface area contributed by atoms with Gasteiger partial charge in [-0.1, -0.05) is 36.4 Å². The van der Waals surface area contributed by atoms with Crippen LogP contribution in [0.1, 0.15) is 5.56 Å². The topological polar surface area (TPSA) is 46.2 Å². The van der Waals surface area contributed by atoms with Crippen molar-refractivity contribution < 1.29 is 9.00 Å². The van der Waals surface area contributed by atoms with Crippen LogP contribution in [0, 0.1) is 6.92 Å². The van der Waals surface area contributed by atoms with Gasteiger partial charge in [-0.3, -0.25) is 9.00 Å². The van der Waals surface area contributed by atoms with Gasteiger partial charge in [-0.2, -0.15) is 0 Å². The van der Waals surface area contributed by atoms with Gasteiger partial charge in [-0.15, -0.1) is 0 Å². The third-order valence-electron chi connectivity index (χ3n) is 2.69. The molecule has 19 heavy (non-hydrogen) atoms. The first-order valence-electron chi connectivity index (χ1n) is 5.96. The highest BCUT2D eigenvalue weighted by atomic mass is 32.2. The zero-order valence-electron chi connectivity index (χ0n) is 10.6. The number of para-hydroxylation sites is 1. The maximum absolute atomic E-state index is 12.0. The predicted molar refractivity (Wildman–Crippen MR) is 77.5 cm³/mol. The van der Waals surface area contributed by atoms with Crippen LogP contribution in [0.2, 0.25) is 0 Å². The SMILES string of the molecule is Cc1ccccc1NC(=O)CS(=O)c1ccccc1. The minimum Gasteiger partial charge on any atom is -0.325 e. The van der Waals surface area contributed by atoms with Crippen LogP contribution in [0.5, 0.6) is 0 Å². The van der Waals surface area contributed by atoms with Crippen molar-refractivity contribution in [3.8, 4) is 0 Å². The number of aryl methyl sites for hydroxylation is 1. The van der Waals surface area contributed by atoms with Crippen LogP contribution < -0.4 is 5.32 Å². The average Bonchev–Trinajstić information content (AvgIpc) is 2.42. The van der Waals surface area contributed by atoms with Gasteiger partial charge in [0.1, 0.15) is 5.75 Å². The van der Waals surface area contributed by atoms with Crippen molar-refractivity contribution in [2.45, 2.75) is 11.8 Å². The van der Waals surface area contributed by atoms with Gasteiger partial charge in [0.15, 0.2) is 0 Å². The van der Waals surface area contributed by atoms with E-state index in [0.29, 0.717) is 4.90 Å². The molecule has 0 saturated carbocycles. The maximum Gasteiger partial charge on any atom is 0.237 e.